The zero-order valence-corrected chi connectivity index (χ0v) is 9.63. The third-order valence-electron chi connectivity index (χ3n) is 2.32. The zero-order chi connectivity index (χ0) is 12.1. The summed E-state index contributed by atoms with van der Waals surface area (Å²) in [6, 6.07) is 5.26. The highest BCUT2D eigenvalue weighted by atomic mass is 16.5. The van der Waals surface area contributed by atoms with Crippen LogP contribution in [0.25, 0.3) is 6.08 Å². The Morgan fingerprint density at radius 1 is 1.47 bits per heavy atom. The molecule has 0 bridgehead atoms. The molecule has 1 N–H and O–H groups in total. The molecular weight excluding hydrogens is 216 g/mol. The van der Waals surface area contributed by atoms with Gasteiger partial charge in [0.15, 0.2) is 0 Å². The van der Waals surface area contributed by atoms with Crippen LogP contribution in [0.2, 0.25) is 0 Å². The second kappa shape index (κ2) is 5.30. The maximum absolute atomic E-state index is 9.84. The van der Waals surface area contributed by atoms with E-state index < -0.39 is 0 Å². The molecule has 88 valence electrons. The molecule has 0 unspecified atom stereocenters. The quantitative estimate of drug-likeness (QED) is 0.866. The normalized spacial score (nSPS) is 16.4. The minimum atomic E-state index is 0.200. The minimum Gasteiger partial charge on any atom is -0.507 e. The summed E-state index contributed by atoms with van der Waals surface area (Å²) < 4.78 is 5.30. The van der Waals surface area contributed by atoms with Crippen LogP contribution in [0.1, 0.15) is 12.5 Å². The maximum Gasteiger partial charge on any atom is 0.126 e. The Balaban J connectivity index is 2.22. The van der Waals surface area contributed by atoms with Gasteiger partial charge >= 0.3 is 0 Å². The Morgan fingerprint density at radius 3 is 3.00 bits per heavy atom. The summed E-state index contributed by atoms with van der Waals surface area (Å²) in [6.45, 7) is 3.08. The molecule has 1 heterocycles. The third-order valence-corrected chi connectivity index (χ3v) is 2.32. The van der Waals surface area contributed by atoms with Crippen LogP contribution in [0.4, 0.5) is 0 Å². The Bertz CT molecular complexity index is 490. The van der Waals surface area contributed by atoms with E-state index in [-0.39, 0.29) is 5.75 Å². The van der Waals surface area contributed by atoms with E-state index >= 15 is 0 Å². The Hall–Kier alpha value is -2.10. The van der Waals surface area contributed by atoms with Crippen LogP contribution >= 0.6 is 0 Å². The van der Waals surface area contributed by atoms with Crippen molar-refractivity contribution >= 4 is 18.6 Å². The summed E-state index contributed by atoms with van der Waals surface area (Å²) in [5.74, 6) is 0.869. The number of phenols is 1. The van der Waals surface area contributed by atoms with E-state index in [0.717, 1.165) is 11.1 Å². The van der Waals surface area contributed by atoms with Crippen molar-refractivity contribution in [3.63, 3.8) is 0 Å². The van der Waals surface area contributed by atoms with Crippen LogP contribution in [0.15, 0.2) is 33.8 Å². The lowest BCUT2D eigenvalue weighted by Crippen LogP contribution is -1.96. The highest BCUT2D eigenvalue weighted by molar-refractivity contribution is 5.92. The van der Waals surface area contributed by atoms with E-state index in [0.29, 0.717) is 18.9 Å². The van der Waals surface area contributed by atoms with Crippen LogP contribution in [0, 0.1) is 0 Å². The number of phenolic OH excluding ortho intramolecular Hbond substituents is 1. The number of aliphatic imine (C=N–C) groups is 2. The molecule has 4 nitrogen and oxygen atoms in total. The minimum absolute atomic E-state index is 0.200. The van der Waals surface area contributed by atoms with Crippen molar-refractivity contribution in [2.24, 2.45) is 9.98 Å². The summed E-state index contributed by atoms with van der Waals surface area (Å²) in [7, 11) is 0. The molecule has 0 aliphatic carbocycles. The second-order valence-corrected chi connectivity index (χ2v) is 3.61. The second-order valence-electron chi connectivity index (χ2n) is 3.61. The molecule has 0 spiro atoms. The molecule has 0 saturated heterocycles. The van der Waals surface area contributed by atoms with Gasteiger partial charge in [0.25, 0.3) is 0 Å². The van der Waals surface area contributed by atoms with Crippen LogP contribution in [-0.2, 0) is 0 Å². The first-order valence-electron chi connectivity index (χ1n) is 5.47. The fraction of sp³-hybridized carbons (Fsp3) is 0.231. The molecule has 0 amide bonds. The average Bonchev–Trinajstić information content (AvgIpc) is 2.34. The average molecular weight is 230 g/mol. The van der Waals surface area contributed by atoms with E-state index in [4.69, 9.17) is 4.74 Å². The van der Waals surface area contributed by atoms with E-state index in [1.165, 1.54) is 6.34 Å². The van der Waals surface area contributed by atoms with Crippen molar-refractivity contribution in [2.75, 3.05) is 13.2 Å². The van der Waals surface area contributed by atoms with E-state index in [9.17, 15) is 5.11 Å². The van der Waals surface area contributed by atoms with Gasteiger partial charge in [-0.1, -0.05) is 0 Å². The van der Waals surface area contributed by atoms with Crippen molar-refractivity contribution < 1.29 is 9.84 Å². The summed E-state index contributed by atoms with van der Waals surface area (Å²) >= 11 is 0. The van der Waals surface area contributed by atoms with Gasteiger partial charge in [0.2, 0.25) is 0 Å². The van der Waals surface area contributed by atoms with Crippen LogP contribution in [-0.4, -0.2) is 30.8 Å². The molecule has 0 saturated carbocycles. The number of hydrogen-bond acceptors (Lipinski definition) is 4. The number of ether oxygens (including phenoxy) is 1. The van der Waals surface area contributed by atoms with Gasteiger partial charge in [0, 0.05) is 17.8 Å². The molecule has 0 fully saturated rings. The van der Waals surface area contributed by atoms with Crippen molar-refractivity contribution in [3.8, 4) is 11.5 Å². The zero-order valence-electron chi connectivity index (χ0n) is 9.63. The first kappa shape index (κ1) is 11.4. The number of nitrogens with zero attached hydrogens (tertiary/aromatic N) is 2. The Kier molecular flexibility index (Phi) is 3.55. The molecule has 1 aliphatic rings. The molecule has 1 aromatic rings. The molecule has 4 heteroatoms. The first-order chi connectivity index (χ1) is 8.29. The van der Waals surface area contributed by atoms with E-state index in [2.05, 4.69) is 9.98 Å². The van der Waals surface area contributed by atoms with Crippen molar-refractivity contribution in [2.45, 2.75) is 6.92 Å². The van der Waals surface area contributed by atoms with E-state index in [1.807, 2.05) is 25.1 Å². The van der Waals surface area contributed by atoms with Gasteiger partial charge in [-0.3, -0.25) is 4.99 Å². The predicted molar refractivity (Wildman–Crippen MR) is 69.1 cm³/mol. The summed E-state index contributed by atoms with van der Waals surface area (Å²) in [6.07, 6.45) is 5.13. The fourth-order valence-corrected chi connectivity index (χ4v) is 1.55. The topological polar surface area (TPSA) is 54.2 Å². The standard InChI is InChI=1S/C13H14N2O2/c1-2-17-12-4-3-11(13(16)6-12)5-10-7-14-9-15-8-10/h3-7,9,16H,2,8H2,1H3. The van der Waals surface area contributed by atoms with Gasteiger partial charge < -0.3 is 9.84 Å². The molecule has 1 aliphatic heterocycles. The van der Waals surface area contributed by atoms with Crippen molar-refractivity contribution in [1.29, 1.82) is 0 Å². The van der Waals surface area contributed by atoms with Crippen LogP contribution in [0.3, 0.4) is 0 Å². The number of benzene rings is 1. The van der Waals surface area contributed by atoms with Gasteiger partial charge in [-0.15, -0.1) is 0 Å². The number of aromatic hydroxyl groups is 1. The van der Waals surface area contributed by atoms with E-state index in [1.54, 1.807) is 12.3 Å². The first-order valence-corrected chi connectivity index (χ1v) is 5.47. The summed E-state index contributed by atoms with van der Waals surface area (Å²) in [5.41, 5.74) is 1.71. The summed E-state index contributed by atoms with van der Waals surface area (Å²) in [4.78, 5) is 7.97. The van der Waals surface area contributed by atoms with Gasteiger partial charge in [-0.05, 0) is 30.7 Å². The summed E-state index contributed by atoms with van der Waals surface area (Å²) in [5, 5.41) is 9.84. The monoisotopic (exact) mass is 230 g/mol. The molecule has 2 rings (SSSR count). The van der Waals surface area contributed by atoms with Gasteiger partial charge in [-0.25, -0.2) is 4.99 Å². The number of hydrogen-bond donors (Lipinski definition) is 1. The van der Waals surface area contributed by atoms with Crippen LogP contribution < -0.4 is 4.74 Å². The van der Waals surface area contributed by atoms with Gasteiger partial charge in [0.05, 0.1) is 13.2 Å². The number of rotatable bonds is 3. The molecule has 0 atom stereocenters. The van der Waals surface area contributed by atoms with Crippen molar-refractivity contribution in [3.05, 3.63) is 29.3 Å². The van der Waals surface area contributed by atoms with Crippen molar-refractivity contribution in [1.82, 2.24) is 0 Å². The van der Waals surface area contributed by atoms with Gasteiger partial charge in [-0.2, -0.15) is 0 Å². The lowest BCUT2D eigenvalue weighted by molar-refractivity contribution is 0.337. The molecular formula is C13H14N2O2. The lowest BCUT2D eigenvalue weighted by Gasteiger charge is -2.06. The lowest BCUT2D eigenvalue weighted by atomic mass is 10.1. The largest absolute Gasteiger partial charge is 0.507 e. The highest BCUT2D eigenvalue weighted by Crippen LogP contribution is 2.25. The molecule has 0 aromatic heterocycles. The SMILES string of the molecule is CCOc1ccc(C=C2C=NC=NC2)c(O)c1. The highest BCUT2D eigenvalue weighted by Gasteiger charge is 2.03. The van der Waals surface area contributed by atoms with Gasteiger partial charge in [0.1, 0.15) is 17.8 Å². The fourth-order valence-electron chi connectivity index (χ4n) is 1.55. The molecule has 0 radical (unpaired) electrons. The Morgan fingerprint density at radius 2 is 2.35 bits per heavy atom. The molecule has 17 heavy (non-hydrogen) atoms. The predicted octanol–water partition coefficient (Wildman–Crippen LogP) is 2.29. The maximum atomic E-state index is 9.84. The Labute approximate surface area is 100.0 Å². The third kappa shape index (κ3) is 2.93. The smallest absolute Gasteiger partial charge is 0.126 e. The van der Waals surface area contributed by atoms with Crippen LogP contribution in [0.5, 0.6) is 11.5 Å². The molecule has 1 aromatic carbocycles.